The minimum atomic E-state index is -0.900. The van der Waals surface area contributed by atoms with Crippen molar-refractivity contribution in [3.05, 3.63) is 0 Å². The first-order chi connectivity index (χ1) is 7.43. The minimum absolute atomic E-state index is 0.0349. The summed E-state index contributed by atoms with van der Waals surface area (Å²) in [6, 6.07) is -0.529. The summed E-state index contributed by atoms with van der Waals surface area (Å²) in [7, 11) is 0. The number of likely N-dealkylation sites (N-methyl/N-ethyl adjacent to an activating group) is 1. The Bertz CT molecular complexity index is 243. The maximum absolute atomic E-state index is 11.9. The largest absolute Gasteiger partial charge is 0.481 e. The van der Waals surface area contributed by atoms with Crippen LogP contribution in [0.25, 0.3) is 0 Å². The zero-order valence-electron chi connectivity index (χ0n) is 10.3. The molecule has 0 heterocycles. The van der Waals surface area contributed by atoms with Crippen LogP contribution in [0, 0.1) is 5.92 Å². The highest BCUT2D eigenvalue weighted by Crippen LogP contribution is 2.08. The van der Waals surface area contributed by atoms with Crippen LogP contribution in [0.1, 0.15) is 33.6 Å². The molecule has 0 aromatic heterocycles. The molecule has 5 nitrogen and oxygen atoms in total. The summed E-state index contributed by atoms with van der Waals surface area (Å²) in [4.78, 5) is 23.8. The van der Waals surface area contributed by atoms with Crippen LogP contribution in [0.5, 0.6) is 0 Å². The van der Waals surface area contributed by atoms with Gasteiger partial charge in [0.1, 0.15) is 0 Å². The van der Waals surface area contributed by atoms with Crippen LogP contribution >= 0.6 is 0 Å². The predicted octanol–water partition coefficient (Wildman–Crippen LogP) is 0.683. The van der Waals surface area contributed by atoms with E-state index >= 15 is 0 Å². The molecule has 2 atom stereocenters. The number of nitrogens with two attached hydrogens (primary N) is 1. The van der Waals surface area contributed by atoms with E-state index in [4.69, 9.17) is 10.8 Å². The third-order valence-electron chi connectivity index (χ3n) is 2.83. The Hall–Kier alpha value is -1.10. The van der Waals surface area contributed by atoms with Crippen molar-refractivity contribution in [1.29, 1.82) is 0 Å². The first-order valence-electron chi connectivity index (χ1n) is 5.70. The van der Waals surface area contributed by atoms with Gasteiger partial charge in [-0.1, -0.05) is 20.3 Å². The quantitative estimate of drug-likeness (QED) is 0.673. The lowest BCUT2D eigenvalue weighted by molar-refractivity contribution is -0.139. The number of aliphatic carboxylic acids is 1. The number of amides is 1. The maximum Gasteiger partial charge on any atom is 0.305 e. The highest BCUT2D eigenvalue weighted by Gasteiger charge is 2.24. The van der Waals surface area contributed by atoms with Crippen LogP contribution in [-0.4, -0.2) is 41.0 Å². The number of rotatable bonds is 7. The number of hydrogen-bond donors (Lipinski definition) is 2. The van der Waals surface area contributed by atoms with E-state index in [0.717, 1.165) is 6.42 Å². The van der Waals surface area contributed by atoms with Crippen molar-refractivity contribution in [1.82, 2.24) is 4.90 Å². The van der Waals surface area contributed by atoms with Gasteiger partial charge in [0.05, 0.1) is 12.5 Å². The molecule has 2 unspecified atom stereocenters. The molecule has 0 aliphatic heterocycles. The fourth-order valence-electron chi connectivity index (χ4n) is 1.36. The second kappa shape index (κ2) is 7.22. The average molecular weight is 230 g/mol. The van der Waals surface area contributed by atoms with Crippen LogP contribution in [0.3, 0.4) is 0 Å². The number of carboxylic acids is 1. The van der Waals surface area contributed by atoms with Gasteiger partial charge in [-0.05, 0) is 12.8 Å². The van der Waals surface area contributed by atoms with Crippen LogP contribution in [0.15, 0.2) is 0 Å². The molecule has 0 rings (SSSR count). The summed E-state index contributed by atoms with van der Waals surface area (Å²) in [5, 5.41) is 8.56. The summed E-state index contributed by atoms with van der Waals surface area (Å²) in [5.41, 5.74) is 5.82. The van der Waals surface area contributed by atoms with Gasteiger partial charge in [0.25, 0.3) is 0 Å². The molecule has 0 aromatic carbocycles. The first-order valence-corrected chi connectivity index (χ1v) is 5.70. The summed E-state index contributed by atoms with van der Waals surface area (Å²) in [6.07, 6.45) is 0.802. The Balaban J connectivity index is 4.34. The molecule has 0 aliphatic carbocycles. The van der Waals surface area contributed by atoms with E-state index in [1.54, 1.807) is 0 Å². The molecule has 0 saturated carbocycles. The second-order valence-electron chi connectivity index (χ2n) is 3.97. The van der Waals surface area contributed by atoms with Gasteiger partial charge in [-0.3, -0.25) is 9.59 Å². The normalized spacial score (nSPS) is 14.2. The number of carboxylic acid groups (broad SMARTS) is 1. The second-order valence-corrected chi connectivity index (χ2v) is 3.97. The van der Waals surface area contributed by atoms with Gasteiger partial charge in [0, 0.05) is 13.1 Å². The van der Waals surface area contributed by atoms with E-state index in [1.807, 2.05) is 20.8 Å². The molecule has 94 valence electrons. The Morgan fingerprint density at radius 1 is 1.38 bits per heavy atom. The van der Waals surface area contributed by atoms with Gasteiger partial charge in [-0.2, -0.15) is 0 Å². The Labute approximate surface area is 96.6 Å². The predicted molar refractivity (Wildman–Crippen MR) is 61.9 cm³/mol. The lowest BCUT2D eigenvalue weighted by Gasteiger charge is -2.26. The van der Waals surface area contributed by atoms with Gasteiger partial charge >= 0.3 is 5.97 Å². The number of carbonyl (C=O) groups is 2. The molecule has 1 amide bonds. The first kappa shape index (κ1) is 14.9. The number of carbonyl (C=O) groups excluding carboxylic acids is 1. The molecule has 0 radical (unpaired) electrons. The molecule has 5 heteroatoms. The van der Waals surface area contributed by atoms with E-state index in [-0.39, 0.29) is 24.8 Å². The molecule has 0 spiro atoms. The van der Waals surface area contributed by atoms with Crippen molar-refractivity contribution >= 4 is 11.9 Å². The van der Waals surface area contributed by atoms with Crippen LogP contribution in [0.4, 0.5) is 0 Å². The zero-order valence-corrected chi connectivity index (χ0v) is 10.3. The van der Waals surface area contributed by atoms with Gasteiger partial charge in [0.2, 0.25) is 5.91 Å². The van der Waals surface area contributed by atoms with Crippen molar-refractivity contribution < 1.29 is 14.7 Å². The Morgan fingerprint density at radius 2 is 1.94 bits per heavy atom. The summed E-state index contributed by atoms with van der Waals surface area (Å²) in [6.45, 7) is 6.45. The minimum Gasteiger partial charge on any atom is -0.481 e. The zero-order chi connectivity index (χ0) is 12.7. The molecule has 16 heavy (non-hydrogen) atoms. The Morgan fingerprint density at radius 3 is 2.31 bits per heavy atom. The Kier molecular flexibility index (Phi) is 6.72. The molecule has 0 aliphatic rings. The van der Waals surface area contributed by atoms with Crippen molar-refractivity contribution in [2.24, 2.45) is 11.7 Å². The van der Waals surface area contributed by atoms with Crippen molar-refractivity contribution in [2.45, 2.75) is 39.7 Å². The fraction of sp³-hybridized carbons (Fsp3) is 0.818. The van der Waals surface area contributed by atoms with Crippen molar-refractivity contribution in [3.63, 3.8) is 0 Å². The third-order valence-corrected chi connectivity index (χ3v) is 2.83. The SMILES string of the molecule is CCC(C)C(N)C(=O)N(CC)CCC(=O)O. The lowest BCUT2D eigenvalue weighted by atomic mass is 9.99. The third kappa shape index (κ3) is 4.61. The average Bonchev–Trinajstić information content (AvgIpc) is 2.27. The monoisotopic (exact) mass is 230 g/mol. The highest BCUT2D eigenvalue weighted by molar-refractivity contribution is 5.82. The van der Waals surface area contributed by atoms with Gasteiger partial charge < -0.3 is 15.7 Å². The fourth-order valence-corrected chi connectivity index (χ4v) is 1.36. The van der Waals surface area contributed by atoms with E-state index in [1.165, 1.54) is 4.90 Å². The summed E-state index contributed by atoms with van der Waals surface area (Å²) < 4.78 is 0. The van der Waals surface area contributed by atoms with Gasteiger partial charge in [0.15, 0.2) is 0 Å². The molecular weight excluding hydrogens is 208 g/mol. The van der Waals surface area contributed by atoms with Crippen LogP contribution < -0.4 is 5.73 Å². The van der Waals surface area contributed by atoms with E-state index in [0.29, 0.717) is 6.54 Å². The van der Waals surface area contributed by atoms with E-state index in [2.05, 4.69) is 0 Å². The van der Waals surface area contributed by atoms with E-state index < -0.39 is 12.0 Å². The topological polar surface area (TPSA) is 83.6 Å². The molecule has 0 saturated heterocycles. The standard InChI is InChI=1S/C11H22N2O3/c1-4-8(3)10(12)11(16)13(5-2)7-6-9(14)15/h8,10H,4-7,12H2,1-3H3,(H,14,15). The van der Waals surface area contributed by atoms with E-state index in [9.17, 15) is 9.59 Å². The molecule has 3 N–H and O–H groups in total. The van der Waals surface area contributed by atoms with Crippen molar-refractivity contribution in [2.75, 3.05) is 13.1 Å². The molecule has 0 fully saturated rings. The number of nitrogens with zero attached hydrogens (tertiary/aromatic N) is 1. The van der Waals surface area contributed by atoms with Crippen LogP contribution in [0.2, 0.25) is 0 Å². The molecular formula is C11H22N2O3. The maximum atomic E-state index is 11.9. The molecule has 0 aromatic rings. The highest BCUT2D eigenvalue weighted by atomic mass is 16.4. The van der Waals surface area contributed by atoms with Gasteiger partial charge in [-0.15, -0.1) is 0 Å². The van der Waals surface area contributed by atoms with Crippen LogP contribution in [-0.2, 0) is 9.59 Å². The smallest absolute Gasteiger partial charge is 0.305 e. The summed E-state index contributed by atoms with van der Waals surface area (Å²) in [5.74, 6) is -0.937. The number of hydrogen-bond acceptors (Lipinski definition) is 3. The lowest BCUT2D eigenvalue weighted by Crippen LogP contribution is -2.47. The van der Waals surface area contributed by atoms with Gasteiger partial charge in [-0.25, -0.2) is 0 Å². The molecule has 0 bridgehead atoms. The summed E-state index contributed by atoms with van der Waals surface area (Å²) >= 11 is 0. The van der Waals surface area contributed by atoms with Crippen molar-refractivity contribution in [3.8, 4) is 0 Å².